The third-order valence-corrected chi connectivity index (χ3v) is 4.03. The van der Waals surface area contributed by atoms with Gasteiger partial charge in [0.15, 0.2) is 5.84 Å². The van der Waals surface area contributed by atoms with Gasteiger partial charge in [-0.05, 0) is 19.8 Å². The number of halogens is 2. The number of hydrogen-bond donors (Lipinski definition) is 1. The zero-order valence-electron chi connectivity index (χ0n) is 14.0. The number of aryl methyl sites for hydroxylation is 1. The average molecular weight is 349 g/mol. The van der Waals surface area contributed by atoms with Gasteiger partial charge in [0.05, 0.1) is 5.70 Å². The summed E-state index contributed by atoms with van der Waals surface area (Å²) in [6.45, 7) is 2.46. The number of ether oxygens (including phenoxy) is 2. The highest BCUT2D eigenvalue weighted by Crippen LogP contribution is 2.20. The smallest absolute Gasteiger partial charge is 0.297 e. The summed E-state index contributed by atoms with van der Waals surface area (Å²) in [6.07, 6.45) is 4.09. The van der Waals surface area contributed by atoms with Crippen LogP contribution in [0.4, 0.5) is 8.78 Å². The summed E-state index contributed by atoms with van der Waals surface area (Å²) in [7, 11) is 0. The van der Waals surface area contributed by atoms with E-state index in [0.29, 0.717) is 12.2 Å². The second-order valence-corrected chi connectivity index (χ2v) is 5.95. The highest BCUT2D eigenvalue weighted by Gasteiger charge is 2.24. The van der Waals surface area contributed by atoms with Crippen molar-refractivity contribution in [3.8, 4) is 0 Å². The summed E-state index contributed by atoms with van der Waals surface area (Å²) in [6, 6.07) is 7.84. The zero-order chi connectivity index (χ0) is 17.6. The fourth-order valence-corrected chi connectivity index (χ4v) is 2.66. The molecular formula is C18H21F2N3O2. The number of amidine groups is 1. The number of hydrogen-bond acceptors (Lipinski definition) is 5. The summed E-state index contributed by atoms with van der Waals surface area (Å²) >= 11 is 0. The Morgan fingerprint density at radius 3 is 2.56 bits per heavy atom. The molecule has 0 radical (unpaired) electrons. The number of alkyl halides is 2. The Bertz CT molecular complexity index is 663. The van der Waals surface area contributed by atoms with E-state index in [1.807, 2.05) is 31.2 Å². The molecule has 2 heterocycles. The minimum atomic E-state index is -2.63. The van der Waals surface area contributed by atoms with E-state index >= 15 is 0 Å². The van der Waals surface area contributed by atoms with Crippen LogP contribution in [0.15, 0.2) is 48.1 Å². The van der Waals surface area contributed by atoms with E-state index in [1.54, 1.807) is 6.20 Å². The second kappa shape index (κ2) is 8.00. The van der Waals surface area contributed by atoms with E-state index in [4.69, 9.17) is 9.47 Å². The van der Waals surface area contributed by atoms with Crippen molar-refractivity contribution in [1.29, 1.82) is 0 Å². The largest absolute Gasteiger partial charge is 0.459 e. The molecule has 0 saturated carbocycles. The molecule has 0 bridgehead atoms. The van der Waals surface area contributed by atoms with E-state index in [2.05, 4.69) is 10.5 Å². The fourth-order valence-electron chi connectivity index (χ4n) is 2.66. The van der Waals surface area contributed by atoms with Gasteiger partial charge in [0.2, 0.25) is 6.29 Å². The summed E-state index contributed by atoms with van der Waals surface area (Å²) in [5, 5.41) is 3.86. The van der Waals surface area contributed by atoms with Crippen molar-refractivity contribution < 1.29 is 18.3 Å². The van der Waals surface area contributed by atoms with E-state index in [-0.39, 0.29) is 12.1 Å². The van der Waals surface area contributed by atoms with Gasteiger partial charge in [-0.1, -0.05) is 29.8 Å². The van der Waals surface area contributed by atoms with Gasteiger partial charge in [-0.3, -0.25) is 5.43 Å². The Morgan fingerprint density at radius 2 is 1.88 bits per heavy atom. The van der Waals surface area contributed by atoms with Gasteiger partial charge >= 0.3 is 0 Å². The van der Waals surface area contributed by atoms with Crippen molar-refractivity contribution in [3.05, 3.63) is 54.1 Å². The molecule has 0 saturated heterocycles. The molecule has 0 unspecified atom stereocenters. The molecule has 0 amide bonds. The first-order valence-corrected chi connectivity index (χ1v) is 8.26. The first kappa shape index (κ1) is 17.3. The molecule has 25 heavy (non-hydrogen) atoms. The molecular weight excluding hydrogens is 328 g/mol. The van der Waals surface area contributed by atoms with Crippen LogP contribution in [-0.4, -0.2) is 30.0 Å². The van der Waals surface area contributed by atoms with Crippen LogP contribution in [0.25, 0.3) is 5.70 Å². The van der Waals surface area contributed by atoms with Crippen LogP contribution >= 0.6 is 0 Å². The predicted molar refractivity (Wildman–Crippen MR) is 91.4 cm³/mol. The molecule has 134 valence electrons. The maximum atomic E-state index is 13.2. The molecule has 0 aromatic heterocycles. The lowest BCUT2D eigenvalue weighted by molar-refractivity contribution is -0.0295. The van der Waals surface area contributed by atoms with Crippen LogP contribution in [-0.2, 0) is 9.47 Å². The molecule has 0 aliphatic carbocycles. The SMILES string of the molecule is Cc1ccc(C2=CN(CCCCC3OC=CO3)C(C(F)F)=NN2)cc1. The van der Waals surface area contributed by atoms with Crippen LogP contribution in [0.1, 0.15) is 30.4 Å². The highest BCUT2D eigenvalue weighted by atomic mass is 19.3. The summed E-state index contributed by atoms with van der Waals surface area (Å²) < 4.78 is 36.8. The molecule has 3 rings (SSSR count). The predicted octanol–water partition coefficient (Wildman–Crippen LogP) is 3.79. The van der Waals surface area contributed by atoms with Gasteiger partial charge in [0, 0.05) is 24.7 Å². The Hall–Kier alpha value is -2.57. The van der Waals surface area contributed by atoms with Crippen LogP contribution in [0, 0.1) is 6.92 Å². The Labute approximate surface area is 145 Å². The van der Waals surface area contributed by atoms with Crippen LogP contribution in [0.5, 0.6) is 0 Å². The summed E-state index contributed by atoms with van der Waals surface area (Å²) in [4.78, 5) is 1.52. The molecule has 1 aromatic carbocycles. The van der Waals surface area contributed by atoms with E-state index in [0.717, 1.165) is 30.4 Å². The normalized spacial score (nSPS) is 17.0. The first-order chi connectivity index (χ1) is 12.1. The van der Waals surface area contributed by atoms with Gasteiger partial charge in [0.1, 0.15) is 12.5 Å². The van der Waals surface area contributed by atoms with Crippen LogP contribution < -0.4 is 5.43 Å². The second-order valence-electron chi connectivity index (χ2n) is 5.95. The Morgan fingerprint density at radius 1 is 1.16 bits per heavy atom. The number of nitrogens with zero attached hydrogens (tertiary/aromatic N) is 2. The van der Waals surface area contributed by atoms with E-state index in [1.165, 1.54) is 17.4 Å². The van der Waals surface area contributed by atoms with Crippen molar-refractivity contribution >= 4 is 11.5 Å². The molecule has 1 aromatic rings. The molecule has 0 spiro atoms. The van der Waals surface area contributed by atoms with Gasteiger partial charge in [0.25, 0.3) is 6.43 Å². The topological polar surface area (TPSA) is 46.1 Å². The molecule has 5 nitrogen and oxygen atoms in total. The molecule has 7 heteroatoms. The number of unbranched alkanes of at least 4 members (excludes halogenated alkanes) is 1. The molecule has 2 aliphatic rings. The van der Waals surface area contributed by atoms with Crippen molar-refractivity contribution in [3.63, 3.8) is 0 Å². The Balaban J connectivity index is 1.60. The number of nitrogens with one attached hydrogen (secondary N) is 1. The van der Waals surface area contributed by atoms with Crippen molar-refractivity contribution in [1.82, 2.24) is 10.3 Å². The fraction of sp³-hybridized carbons (Fsp3) is 0.389. The lowest BCUT2D eigenvalue weighted by Crippen LogP contribution is -2.37. The monoisotopic (exact) mass is 349 g/mol. The summed E-state index contributed by atoms with van der Waals surface area (Å²) in [5.41, 5.74) is 5.48. The van der Waals surface area contributed by atoms with Gasteiger partial charge in [-0.25, -0.2) is 8.78 Å². The van der Waals surface area contributed by atoms with Gasteiger partial charge in [-0.15, -0.1) is 0 Å². The molecule has 2 aliphatic heterocycles. The van der Waals surface area contributed by atoms with Gasteiger partial charge in [-0.2, -0.15) is 5.10 Å². The minimum Gasteiger partial charge on any atom is -0.459 e. The average Bonchev–Trinajstić information content (AvgIpc) is 3.12. The zero-order valence-corrected chi connectivity index (χ0v) is 14.0. The lowest BCUT2D eigenvalue weighted by atomic mass is 10.1. The van der Waals surface area contributed by atoms with Crippen LogP contribution in [0.2, 0.25) is 0 Å². The Kier molecular flexibility index (Phi) is 5.53. The number of hydrazone groups is 1. The van der Waals surface area contributed by atoms with Crippen molar-refractivity contribution in [2.75, 3.05) is 6.54 Å². The highest BCUT2D eigenvalue weighted by molar-refractivity contribution is 5.89. The van der Waals surface area contributed by atoms with Crippen LogP contribution in [0.3, 0.4) is 0 Å². The van der Waals surface area contributed by atoms with E-state index in [9.17, 15) is 8.78 Å². The minimum absolute atomic E-state index is 0.258. The third kappa shape index (κ3) is 4.49. The third-order valence-electron chi connectivity index (χ3n) is 4.03. The first-order valence-electron chi connectivity index (χ1n) is 8.26. The number of rotatable bonds is 7. The standard InChI is InChI=1S/C18H21F2N3O2/c1-13-5-7-14(8-6-13)15-12-23(18(17(19)20)22-21-15)9-3-2-4-16-24-10-11-25-16/h5-8,10-12,16-17,21H,2-4,9H2,1H3. The quantitative estimate of drug-likeness (QED) is 0.761. The maximum absolute atomic E-state index is 13.2. The van der Waals surface area contributed by atoms with Crippen molar-refractivity contribution in [2.45, 2.75) is 38.9 Å². The molecule has 0 atom stereocenters. The lowest BCUT2D eigenvalue weighted by Gasteiger charge is -2.27. The number of benzene rings is 1. The van der Waals surface area contributed by atoms with Gasteiger partial charge < -0.3 is 14.4 Å². The maximum Gasteiger partial charge on any atom is 0.297 e. The van der Waals surface area contributed by atoms with Crippen molar-refractivity contribution in [2.24, 2.45) is 5.10 Å². The van der Waals surface area contributed by atoms with E-state index < -0.39 is 6.43 Å². The summed E-state index contributed by atoms with van der Waals surface area (Å²) in [5.74, 6) is -0.258. The molecule has 1 N–H and O–H groups in total. The molecule has 0 fully saturated rings.